The van der Waals surface area contributed by atoms with Crippen LogP contribution in [0.15, 0.2) is 12.4 Å². The zero-order chi connectivity index (χ0) is 11.4. The van der Waals surface area contributed by atoms with Crippen molar-refractivity contribution in [1.29, 1.82) is 0 Å². The Kier molecular flexibility index (Phi) is 3.99. The molecule has 0 amide bonds. The standard InChI is InChI=1S/C13H23N3/c1-3-16-10-11(9-15-16)8-12-6-4-5-7-13(12)14-2/h9-10,12-14H,3-8H2,1-2H3. The Balaban J connectivity index is 1.96. The van der Waals surface area contributed by atoms with Crippen LogP contribution in [-0.2, 0) is 13.0 Å². The molecule has 90 valence electrons. The molecule has 0 bridgehead atoms. The average molecular weight is 221 g/mol. The molecule has 0 radical (unpaired) electrons. The highest BCUT2D eigenvalue weighted by Crippen LogP contribution is 2.27. The van der Waals surface area contributed by atoms with E-state index in [1.807, 2.05) is 10.9 Å². The number of nitrogens with zero attached hydrogens (tertiary/aromatic N) is 2. The molecule has 1 fully saturated rings. The quantitative estimate of drug-likeness (QED) is 0.845. The predicted molar refractivity (Wildman–Crippen MR) is 66.4 cm³/mol. The molecule has 2 rings (SSSR count). The van der Waals surface area contributed by atoms with Crippen LogP contribution in [0.1, 0.15) is 38.2 Å². The molecule has 0 spiro atoms. The SMILES string of the molecule is CCn1cc(CC2CCCCC2NC)cn1. The van der Waals surface area contributed by atoms with Gasteiger partial charge >= 0.3 is 0 Å². The summed E-state index contributed by atoms with van der Waals surface area (Å²) in [6.45, 7) is 3.11. The summed E-state index contributed by atoms with van der Waals surface area (Å²) in [6, 6.07) is 0.707. The summed E-state index contributed by atoms with van der Waals surface area (Å²) in [4.78, 5) is 0. The van der Waals surface area contributed by atoms with Crippen molar-refractivity contribution in [2.75, 3.05) is 7.05 Å². The molecular formula is C13H23N3. The van der Waals surface area contributed by atoms with Crippen LogP contribution >= 0.6 is 0 Å². The lowest BCUT2D eigenvalue weighted by molar-refractivity contribution is 0.272. The van der Waals surface area contributed by atoms with E-state index in [1.165, 1.54) is 37.7 Å². The summed E-state index contributed by atoms with van der Waals surface area (Å²) in [5, 5.41) is 7.82. The van der Waals surface area contributed by atoms with Crippen LogP contribution in [0, 0.1) is 5.92 Å². The van der Waals surface area contributed by atoms with Gasteiger partial charge in [0, 0.05) is 18.8 Å². The molecule has 2 atom stereocenters. The van der Waals surface area contributed by atoms with E-state index in [0.29, 0.717) is 6.04 Å². The van der Waals surface area contributed by atoms with Crippen LogP contribution in [0.2, 0.25) is 0 Å². The van der Waals surface area contributed by atoms with Gasteiger partial charge in [0.25, 0.3) is 0 Å². The molecule has 3 nitrogen and oxygen atoms in total. The van der Waals surface area contributed by atoms with Gasteiger partial charge in [-0.3, -0.25) is 4.68 Å². The first-order chi connectivity index (χ1) is 7.83. The van der Waals surface area contributed by atoms with Gasteiger partial charge in [-0.25, -0.2) is 0 Å². The smallest absolute Gasteiger partial charge is 0.0521 e. The molecule has 0 saturated heterocycles. The first kappa shape index (κ1) is 11.6. The second-order valence-corrected chi connectivity index (χ2v) is 4.85. The number of nitrogens with one attached hydrogen (secondary N) is 1. The van der Waals surface area contributed by atoms with E-state index in [4.69, 9.17) is 0 Å². The molecule has 1 heterocycles. The van der Waals surface area contributed by atoms with E-state index in [0.717, 1.165) is 12.5 Å². The van der Waals surface area contributed by atoms with Crippen LogP contribution in [0.4, 0.5) is 0 Å². The maximum Gasteiger partial charge on any atom is 0.0521 e. The minimum Gasteiger partial charge on any atom is -0.317 e. The van der Waals surface area contributed by atoms with E-state index in [2.05, 4.69) is 30.6 Å². The lowest BCUT2D eigenvalue weighted by Crippen LogP contribution is -2.37. The predicted octanol–water partition coefficient (Wildman–Crippen LogP) is 2.22. The van der Waals surface area contributed by atoms with Crippen molar-refractivity contribution >= 4 is 0 Å². The van der Waals surface area contributed by atoms with Crippen molar-refractivity contribution in [3.63, 3.8) is 0 Å². The van der Waals surface area contributed by atoms with E-state index < -0.39 is 0 Å². The van der Waals surface area contributed by atoms with E-state index in [9.17, 15) is 0 Å². The highest BCUT2D eigenvalue weighted by atomic mass is 15.3. The van der Waals surface area contributed by atoms with Gasteiger partial charge in [0.15, 0.2) is 0 Å². The van der Waals surface area contributed by atoms with Crippen molar-refractivity contribution in [2.24, 2.45) is 5.92 Å². The fourth-order valence-electron chi connectivity index (χ4n) is 2.82. The maximum absolute atomic E-state index is 4.35. The second kappa shape index (κ2) is 5.48. The first-order valence-electron chi connectivity index (χ1n) is 6.52. The normalized spacial score (nSPS) is 25.9. The summed E-state index contributed by atoms with van der Waals surface area (Å²) in [7, 11) is 2.10. The Morgan fingerprint density at radius 2 is 2.25 bits per heavy atom. The summed E-state index contributed by atoms with van der Waals surface area (Å²) >= 11 is 0. The third-order valence-corrected chi connectivity index (χ3v) is 3.79. The number of aryl methyl sites for hydroxylation is 1. The van der Waals surface area contributed by atoms with Crippen molar-refractivity contribution in [2.45, 2.75) is 51.6 Å². The fourth-order valence-corrected chi connectivity index (χ4v) is 2.82. The number of aromatic nitrogens is 2. The molecule has 2 unspecified atom stereocenters. The largest absolute Gasteiger partial charge is 0.317 e. The van der Waals surface area contributed by atoms with Gasteiger partial charge in [0.05, 0.1) is 6.20 Å². The molecule has 0 aromatic carbocycles. The minimum atomic E-state index is 0.707. The highest BCUT2D eigenvalue weighted by Gasteiger charge is 2.23. The summed E-state index contributed by atoms with van der Waals surface area (Å²) in [5.74, 6) is 0.799. The molecule has 16 heavy (non-hydrogen) atoms. The van der Waals surface area contributed by atoms with Crippen LogP contribution in [-0.4, -0.2) is 22.9 Å². The summed E-state index contributed by atoms with van der Waals surface area (Å²) < 4.78 is 2.02. The van der Waals surface area contributed by atoms with E-state index in [1.54, 1.807) is 0 Å². The number of hydrogen-bond donors (Lipinski definition) is 1. The third kappa shape index (κ3) is 2.64. The molecule has 1 aliphatic rings. The molecular weight excluding hydrogens is 198 g/mol. The van der Waals surface area contributed by atoms with Crippen LogP contribution in [0.3, 0.4) is 0 Å². The Bertz CT molecular complexity index is 319. The van der Waals surface area contributed by atoms with Crippen molar-refractivity contribution in [3.05, 3.63) is 18.0 Å². The van der Waals surface area contributed by atoms with Crippen molar-refractivity contribution in [3.8, 4) is 0 Å². The second-order valence-electron chi connectivity index (χ2n) is 4.85. The van der Waals surface area contributed by atoms with Gasteiger partial charge in [-0.05, 0) is 44.7 Å². The summed E-state index contributed by atoms with van der Waals surface area (Å²) in [5.41, 5.74) is 1.40. The van der Waals surface area contributed by atoms with E-state index in [-0.39, 0.29) is 0 Å². The molecule has 1 aromatic rings. The Hall–Kier alpha value is -0.830. The Morgan fingerprint density at radius 1 is 1.44 bits per heavy atom. The Labute approximate surface area is 98.2 Å². The Morgan fingerprint density at radius 3 is 2.94 bits per heavy atom. The van der Waals surface area contributed by atoms with Gasteiger partial charge in [-0.2, -0.15) is 5.10 Å². The van der Waals surface area contributed by atoms with Crippen LogP contribution in [0.5, 0.6) is 0 Å². The van der Waals surface area contributed by atoms with Crippen LogP contribution < -0.4 is 5.32 Å². The lowest BCUT2D eigenvalue weighted by Gasteiger charge is -2.31. The third-order valence-electron chi connectivity index (χ3n) is 3.79. The average Bonchev–Trinajstić information content (AvgIpc) is 2.77. The molecule has 1 N–H and O–H groups in total. The monoisotopic (exact) mass is 221 g/mol. The fraction of sp³-hybridized carbons (Fsp3) is 0.769. The van der Waals surface area contributed by atoms with Crippen molar-refractivity contribution in [1.82, 2.24) is 15.1 Å². The van der Waals surface area contributed by atoms with Gasteiger partial charge in [0.1, 0.15) is 0 Å². The molecule has 1 saturated carbocycles. The van der Waals surface area contributed by atoms with Gasteiger partial charge in [0.2, 0.25) is 0 Å². The van der Waals surface area contributed by atoms with Gasteiger partial charge in [-0.1, -0.05) is 12.8 Å². The van der Waals surface area contributed by atoms with Crippen molar-refractivity contribution < 1.29 is 0 Å². The number of rotatable bonds is 4. The number of hydrogen-bond acceptors (Lipinski definition) is 2. The van der Waals surface area contributed by atoms with E-state index >= 15 is 0 Å². The molecule has 1 aromatic heterocycles. The zero-order valence-corrected chi connectivity index (χ0v) is 10.4. The first-order valence-corrected chi connectivity index (χ1v) is 6.52. The van der Waals surface area contributed by atoms with Crippen LogP contribution in [0.25, 0.3) is 0 Å². The topological polar surface area (TPSA) is 29.9 Å². The zero-order valence-electron chi connectivity index (χ0n) is 10.4. The summed E-state index contributed by atoms with van der Waals surface area (Å²) in [6.07, 6.45) is 10.9. The maximum atomic E-state index is 4.35. The highest BCUT2D eigenvalue weighted by molar-refractivity contribution is 5.06. The van der Waals surface area contributed by atoms with Gasteiger partial charge < -0.3 is 5.32 Å². The lowest BCUT2D eigenvalue weighted by atomic mass is 9.81. The minimum absolute atomic E-state index is 0.707. The van der Waals surface area contributed by atoms with Gasteiger partial charge in [-0.15, -0.1) is 0 Å². The molecule has 0 aliphatic heterocycles. The molecule has 1 aliphatic carbocycles. The molecule has 3 heteroatoms.